The molecule has 12 nitrogen and oxygen atoms in total. The van der Waals surface area contributed by atoms with Gasteiger partial charge in [-0.2, -0.15) is 14.3 Å². The van der Waals surface area contributed by atoms with Crippen LogP contribution in [0.15, 0.2) is 45.7 Å². The zero-order valence-corrected chi connectivity index (χ0v) is 18.3. The van der Waals surface area contributed by atoms with E-state index in [1.165, 1.54) is 18.9 Å². The molecule has 2 saturated heterocycles. The fourth-order valence-corrected chi connectivity index (χ4v) is 6.11. The summed E-state index contributed by atoms with van der Waals surface area (Å²) >= 11 is 1.48. The molecule has 0 spiro atoms. The number of thioether (sulfide) groups is 1. The second-order valence-corrected chi connectivity index (χ2v) is 9.86. The summed E-state index contributed by atoms with van der Waals surface area (Å²) in [6.45, 7) is 0.294. The lowest BCUT2D eigenvalue weighted by atomic mass is 10.1. The topological polar surface area (TPSA) is 169 Å². The van der Waals surface area contributed by atoms with Crippen molar-refractivity contribution < 1.29 is 28.3 Å². The van der Waals surface area contributed by atoms with Crippen molar-refractivity contribution in [1.82, 2.24) is 15.5 Å². The number of nitrogen functional groups attached to an aromatic ring is 1. The maximum Gasteiger partial charge on any atom is 0.570 e. The zero-order chi connectivity index (χ0) is 21.8. The third-order valence-electron chi connectivity index (χ3n) is 5.42. The minimum Gasteiger partial charge on any atom is -0.398 e. The molecule has 0 radical (unpaired) electrons. The summed E-state index contributed by atoms with van der Waals surface area (Å²) in [7, 11) is -2.39. The van der Waals surface area contributed by atoms with Crippen LogP contribution in [0, 0.1) is 0 Å². The summed E-state index contributed by atoms with van der Waals surface area (Å²) < 4.78 is 22.4. The number of anilines is 1. The van der Waals surface area contributed by atoms with E-state index in [9.17, 15) is 9.79 Å². The van der Waals surface area contributed by atoms with Gasteiger partial charge in [0.1, 0.15) is 42.8 Å². The molecular formula is C17H24N6O6PS+. The maximum absolute atomic E-state index is 9.90. The number of methoxy groups -OCH3 is 1. The Kier molecular flexibility index (Phi) is 5.39. The Morgan fingerprint density at radius 1 is 1.32 bits per heavy atom. The number of fused-ring (bicyclic) bond motifs is 1. The van der Waals surface area contributed by atoms with Gasteiger partial charge in [0.15, 0.2) is 17.8 Å². The van der Waals surface area contributed by atoms with Crippen molar-refractivity contribution in [2.24, 2.45) is 10.7 Å². The van der Waals surface area contributed by atoms with E-state index in [2.05, 4.69) is 15.6 Å². The predicted molar refractivity (Wildman–Crippen MR) is 114 cm³/mol. The summed E-state index contributed by atoms with van der Waals surface area (Å²) in [5.41, 5.74) is 13.2. The van der Waals surface area contributed by atoms with Crippen molar-refractivity contribution in [3.05, 3.63) is 35.8 Å². The van der Waals surface area contributed by atoms with Crippen LogP contribution in [0.3, 0.4) is 0 Å². The SMILES string of the molecule is COC1C(N2C3=C(NC2Sc2ccccc2N)C(N)=NCN3)OC2CO[P+](O)(O)O[C@H]21. The molecule has 0 aromatic heterocycles. The standard InChI is InChI=1S/C17H24N6O6PS/c1-26-13-12-9(6-27-30(24,25)29-12)28-16(13)23-15-11(14(19)20-7-21-15)22-17(23)31-10-5-3-2-4-8(10)18/h2-5,9,12-13,16-17,21-22,24-25H,6-7,18H2,1H3,(H2,19,20)/q+1/t9?,12-,13?,16?,17?/m1/s1. The van der Waals surface area contributed by atoms with Gasteiger partial charge in [-0.15, -0.1) is 4.52 Å². The maximum atomic E-state index is 9.90. The fourth-order valence-electron chi connectivity index (χ4n) is 4.02. The first kappa shape index (κ1) is 21.0. The molecule has 168 valence electrons. The van der Waals surface area contributed by atoms with E-state index in [-0.39, 0.29) is 12.1 Å². The number of hydrogen-bond donors (Lipinski definition) is 6. The summed E-state index contributed by atoms with van der Waals surface area (Å²) in [6.07, 6.45) is -2.50. The Bertz CT molecular complexity index is 934. The molecule has 4 aliphatic rings. The molecule has 0 saturated carbocycles. The normalized spacial score (nSPS) is 34.0. The van der Waals surface area contributed by atoms with Crippen LogP contribution in [-0.4, -0.2) is 70.9 Å². The van der Waals surface area contributed by atoms with E-state index < -0.39 is 32.7 Å². The molecular weight excluding hydrogens is 447 g/mol. The zero-order valence-electron chi connectivity index (χ0n) is 16.5. The van der Waals surface area contributed by atoms with Crippen molar-refractivity contribution in [1.29, 1.82) is 0 Å². The van der Waals surface area contributed by atoms with E-state index in [0.717, 1.165) is 4.90 Å². The average molecular weight is 471 g/mol. The Labute approximate surface area is 183 Å². The van der Waals surface area contributed by atoms with Crippen molar-refractivity contribution in [2.45, 2.75) is 34.9 Å². The number of para-hydroxylation sites is 1. The molecule has 4 aliphatic heterocycles. The molecule has 5 atom stereocenters. The molecule has 1 aromatic rings. The highest BCUT2D eigenvalue weighted by Gasteiger charge is 2.62. The van der Waals surface area contributed by atoms with Crippen LogP contribution >= 0.6 is 19.9 Å². The lowest BCUT2D eigenvalue weighted by molar-refractivity contribution is -0.0978. The molecule has 0 aliphatic carbocycles. The van der Waals surface area contributed by atoms with E-state index >= 15 is 0 Å². The second kappa shape index (κ2) is 7.94. The number of ether oxygens (including phenoxy) is 2. The number of nitrogens with zero attached hydrogens (tertiary/aromatic N) is 2. The summed E-state index contributed by atoms with van der Waals surface area (Å²) in [5.74, 6) is 1.09. The van der Waals surface area contributed by atoms with Gasteiger partial charge in [-0.25, -0.2) is 4.99 Å². The largest absolute Gasteiger partial charge is 0.570 e. The second-order valence-electron chi connectivity index (χ2n) is 7.28. The highest BCUT2D eigenvalue weighted by Crippen LogP contribution is 2.59. The Morgan fingerprint density at radius 2 is 2.13 bits per heavy atom. The van der Waals surface area contributed by atoms with E-state index in [1.807, 2.05) is 29.2 Å². The lowest BCUT2D eigenvalue weighted by Gasteiger charge is -2.36. The van der Waals surface area contributed by atoms with E-state index in [0.29, 0.717) is 29.7 Å². The molecule has 8 N–H and O–H groups in total. The first-order valence-electron chi connectivity index (χ1n) is 9.58. The first-order chi connectivity index (χ1) is 14.9. The average Bonchev–Trinajstić information content (AvgIpc) is 3.26. The molecule has 2 fully saturated rings. The molecule has 5 rings (SSSR count). The monoisotopic (exact) mass is 471 g/mol. The molecule has 31 heavy (non-hydrogen) atoms. The van der Waals surface area contributed by atoms with Gasteiger partial charge < -0.3 is 31.6 Å². The number of rotatable bonds is 4. The minimum absolute atomic E-state index is 0.0184. The van der Waals surface area contributed by atoms with Crippen LogP contribution in [0.5, 0.6) is 0 Å². The van der Waals surface area contributed by atoms with E-state index in [1.54, 1.807) is 0 Å². The van der Waals surface area contributed by atoms with Gasteiger partial charge in [-0.3, -0.25) is 4.90 Å². The van der Waals surface area contributed by atoms with Crippen molar-refractivity contribution in [3.8, 4) is 0 Å². The van der Waals surface area contributed by atoms with Crippen LogP contribution in [0.2, 0.25) is 0 Å². The number of nitrogens with one attached hydrogen (secondary N) is 2. The molecule has 0 amide bonds. The van der Waals surface area contributed by atoms with Crippen LogP contribution in [0.25, 0.3) is 0 Å². The minimum atomic E-state index is -3.91. The van der Waals surface area contributed by atoms with Crippen molar-refractivity contribution in [2.75, 3.05) is 26.1 Å². The van der Waals surface area contributed by atoms with Gasteiger partial charge in [0, 0.05) is 17.7 Å². The Balaban J connectivity index is 1.49. The number of hydrogen-bond acceptors (Lipinski definition) is 13. The lowest BCUT2D eigenvalue weighted by Crippen LogP contribution is -2.51. The molecule has 0 bridgehead atoms. The summed E-state index contributed by atoms with van der Waals surface area (Å²) in [5, 5.41) is 6.63. The van der Waals surface area contributed by atoms with Crippen molar-refractivity contribution in [3.63, 3.8) is 0 Å². The van der Waals surface area contributed by atoms with Crippen LogP contribution in [0.4, 0.5) is 5.69 Å². The third kappa shape index (κ3) is 3.70. The van der Waals surface area contributed by atoms with Crippen molar-refractivity contribution >= 4 is 31.5 Å². The van der Waals surface area contributed by atoms with Crippen LogP contribution in [0.1, 0.15) is 0 Å². The number of nitrogens with two attached hydrogens (primary N) is 2. The van der Waals surface area contributed by atoms with Gasteiger partial charge in [0.05, 0.1) is 0 Å². The number of amidine groups is 1. The van der Waals surface area contributed by atoms with Gasteiger partial charge in [-0.05, 0) is 12.1 Å². The summed E-state index contributed by atoms with van der Waals surface area (Å²) in [4.78, 5) is 26.9. The van der Waals surface area contributed by atoms with Crippen LogP contribution in [-0.2, 0) is 18.5 Å². The molecule has 4 unspecified atom stereocenters. The molecule has 14 heteroatoms. The highest BCUT2D eigenvalue weighted by molar-refractivity contribution is 8.00. The third-order valence-corrected chi connectivity index (χ3v) is 7.62. The smallest absolute Gasteiger partial charge is 0.398 e. The van der Waals surface area contributed by atoms with Gasteiger partial charge in [-0.1, -0.05) is 23.9 Å². The van der Waals surface area contributed by atoms with Gasteiger partial charge >= 0.3 is 8.17 Å². The highest BCUT2D eigenvalue weighted by atomic mass is 32.2. The number of benzene rings is 1. The first-order valence-corrected chi connectivity index (χ1v) is 12.0. The number of aliphatic imine (C=N–C) groups is 1. The Morgan fingerprint density at radius 3 is 2.90 bits per heavy atom. The summed E-state index contributed by atoms with van der Waals surface area (Å²) in [6, 6.07) is 7.54. The molecule has 1 aromatic carbocycles. The fraction of sp³-hybridized carbons (Fsp3) is 0.471. The quantitative estimate of drug-likeness (QED) is 0.245. The van der Waals surface area contributed by atoms with Gasteiger partial charge in [0.25, 0.3) is 0 Å². The predicted octanol–water partition coefficient (Wildman–Crippen LogP) is -0.546. The Hall–Kier alpha value is -1.83. The van der Waals surface area contributed by atoms with Gasteiger partial charge in [0.2, 0.25) is 0 Å². The molecule has 4 heterocycles. The van der Waals surface area contributed by atoms with Crippen LogP contribution < -0.4 is 22.1 Å². The van der Waals surface area contributed by atoms with E-state index in [4.69, 9.17) is 30.0 Å².